The van der Waals surface area contributed by atoms with Gasteiger partial charge < -0.3 is 78.4 Å². The molecule has 9 aliphatic rings. The predicted molar refractivity (Wildman–Crippen MR) is 232 cm³/mol. The lowest BCUT2D eigenvalue weighted by atomic mass is 9.47. The highest BCUT2D eigenvalue weighted by Gasteiger charge is 2.69. The van der Waals surface area contributed by atoms with Crippen LogP contribution in [0, 0.1) is 46.3 Å². The summed E-state index contributed by atoms with van der Waals surface area (Å²) in [6, 6.07) is 0. The van der Waals surface area contributed by atoms with Gasteiger partial charge in [-0.3, -0.25) is 4.79 Å². The summed E-state index contributed by atoms with van der Waals surface area (Å²) in [5.74, 6) is 2.02. The first kappa shape index (κ1) is 49.6. The summed E-state index contributed by atoms with van der Waals surface area (Å²) in [6.07, 6.45) is -9.92. The van der Waals surface area contributed by atoms with E-state index in [4.69, 9.17) is 42.6 Å². The number of esters is 1. The zero-order chi connectivity index (χ0) is 47.2. The minimum atomic E-state index is -1.74. The topological polar surface area (TPSA) is 242 Å². The maximum Gasteiger partial charge on any atom is 0.306 e. The second-order valence-electron chi connectivity index (χ2n) is 22.3. The third kappa shape index (κ3) is 8.46. The Morgan fingerprint density at radius 3 is 2.17 bits per heavy atom. The zero-order valence-electron chi connectivity index (χ0n) is 39.8. The van der Waals surface area contributed by atoms with Gasteiger partial charge in [-0.15, -0.1) is 0 Å². The first-order chi connectivity index (χ1) is 31.3. The van der Waals surface area contributed by atoms with E-state index < -0.39 is 110 Å². The minimum Gasteiger partial charge on any atom is -0.457 e. The number of fused-ring (bicyclic) bond motifs is 7. The van der Waals surface area contributed by atoms with Gasteiger partial charge in [0.1, 0.15) is 54.9 Å². The fraction of sp³-hybridized carbons (Fsp3) is 0.939. The molecule has 0 aromatic heterocycles. The molecular formula is C49H78O17. The second-order valence-corrected chi connectivity index (χ2v) is 22.3. The van der Waals surface area contributed by atoms with Crippen molar-refractivity contribution in [3.63, 3.8) is 0 Å². The van der Waals surface area contributed by atoms with E-state index in [1.54, 1.807) is 13.8 Å². The minimum absolute atomic E-state index is 0.0312. The summed E-state index contributed by atoms with van der Waals surface area (Å²) in [5.41, 5.74) is 1.50. The Hall–Kier alpha value is -1.39. The lowest BCUT2D eigenvalue weighted by Gasteiger charge is -2.58. The van der Waals surface area contributed by atoms with Gasteiger partial charge in [-0.05, 0) is 112 Å². The molecule has 0 aromatic carbocycles. The van der Waals surface area contributed by atoms with Crippen LogP contribution in [0.15, 0.2) is 11.6 Å². The molecular weight excluding hydrogens is 861 g/mol. The van der Waals surface area contributed by atoms with E-state index in [-0.39, 0.29) is 29.5 Å². The van der Waals surface area contributed by atoms with Crippen molar-refractivity contribution in [1.82, 2.24) is 0 Å². The number of hydrogen-bond acceptors (Lipinski definition) is 17. The quantitative estimate of drug-likeness (QED) is 0.123. The van der Waals surface area contributed by atoms with E-state index in [0.717, 1.165) is 51.6 Å². The Labute approximate surface area is 388 Å². The molecule has 17 nitrogen and oxygen atoms in total. The third-order valence-electron chi connectivity index (χ3n) is 18.3. The molecule has 4 aliphatic carbocycles. The molecule has 66 heavy (non-hydrogen) atoms. The normalized spacial score (nSPS) is 54.8. The van der Waals surface area contributed by atoms with Crippen molar-refractivity contribution in [2.75, 3.05) is 13.2 Å². The van der Waals surface area contributed by atoms with Gasteiger partial charge in [0.2, 0.25) is 0 Å². The highest BCUT2D eigenvalue weighted by Crippen LogP contribution is 2.70. The third-order valence-corrected chi connectivity index (χ3v) is 18.3. The molecule has 3 saturated carbocycles. The summed E-state index contributed by atoms with van der Waals surface area (Å²) in [5, 5.41) is 77.2. The fourth-order valence-electron chi connectivity index (χ4n) is 14.5. The number of hydrogen-bond donors (Lipinski definition) is 7. The standard InChI is InChI=1S/C49H78O17/c1-8-9-33(51)63-41-25(5)60-45(39(56)37(41)54)64-42-32(20-50)62-46(43(40(42)57)65-44-38(55)36(53)35(52)24(4)59-44)61-27-13-15-47(6)26(18-27)10-11-28-29(47)14-16-48(7)30(28)19-31-34(48)23(3)49(66-31)17-12-22(2)21-58-49/h10,22-25,27-32,34-46,50,52-57H,8-9,11-21H2,1-7H3/t22-,23+,24-,25-,27+,28-,29+,30+,31+,32-,34+,35-,36+,37-,38+,39+,40+,41-,42-,43-,44-,45-,46-,47+,48+,49-/m1/s1. The molecule has 5 aliphatic heterocycles. The van der Waals surface area contributed by atoms with Crippen LogP contribution in [0.4, 0.5) is 0 Å². The Kier molecular flexibility index (Phi) is 14.3. The van der Waals surface area contributed by atoms with Crippen molar-refractivity contribution < 1.29 is 83.2 Å². The average Bonchev–Trinajstić information content (AvgIpc) is 3.74. The van der Waals surface area contributed by atoms with E-state index in [1.165, 1.54) is 12.5 Å². The molecule has 0 aromatic rings. The Bertz CT molecular complexity index is 1740. The predicted octanol–water partition coefficient (Wildman–Crippen LogP) is 2.59. The van der Waals surface area contributed by atoms with Gasteiger partial charge in [0, 0.05) is 18.8 Å². The molecule has 8 fully saturated rings. The van der Waals surface area contributed by atoms with Crippen molar-refractivity contribution in [2.24, 2.45) is 46.3 Å². The van der Waals surface area contributed by atoms with Crippen LogP contribution in [0.1, 0.15) is 119 Å². The number of aliphatic hydroxyl groups is 7. The van der Waals surface area contributed by atoms with E-state index in [2.05, 4.69) is 33.8 Å². The number of allylic oxidation sites excluding steroid dienone is 1. The van der Waals surface area contributed by atoms with E-state index in [0.29, 0.717) is 54.8 Å². The van der Waals surface area contributed by atoms with Crippen LogP contribution in [0.5, 0.6) is 0 Å². The lowest BCUT2D eigenvalue weighted by molar-refractivity contribution is -0.388. The van der Waals surface area contributed by atoms with Crippen LogP contribution in [0.3, 0.4) is 0 Å². The van der Waals surface area contributed by atoms with E-state index in [1.807, 2.05) is 0 Å². The van der Waals surface area contributed by atoms with Gasteiger partial charge in [0.15, 0.2) is 30.8 Å². The smallest absolute Gasteiger partial charge is 0.306 e. The zero-order valence-corrected chi connectivity index (χ0v) is 39.8. The summed E-state index contributed by atoms with van der Waals surface area (Å²) < 4.78 is 56.1. The van der Waals surface area contributed by atoms with Crippen LogP contribution in [-0.2, 0) is 47.4 Å². The molecule has 5 saturated heterocycles. The molecule has 0 unspecified atom stereocenters. The SMILES string of the molecule is CCCC(=O)O[C@H]1[C@H](O)[C@H](O)[C@@H](O[C@H]2[C@H](O)[C@@H](O[C@H]3O[C@H](C)[C@@H](O)[C@H](O)[C@@H]3O)[C@H](O[C@H]3CC[C@@]4(C)C(=CC[C@H]5[C@@H]6C[C@@H]7O[C@]8(CC[C@@H](C)CO8)[C@@H](C)[C@@H]7[C@@]6(C)CC[C@@H]54)C3)O[C@@H]2CO)O[C@@H]1C. The average molecular weight is 939 g/mol. The maximum atomic E-state index is 12.3. The molecule has 9 rings (SSSR count). The van der Waals surface area contributed by atoms with Crippen LogP contribution >= 0.6 is 0 Å². The molecule has 0 amide bonds. The molecule has 5 heterocycles. The van der Waals surface area contributed by atoms with Crippen molar-refractivity contribution in [2.45, 2.75) is 229 Å². The second kappa shape index (κ2) is 19.0. The molecule has 17 heteroatoms. The number of aliphatic hydroxyl groups excluding tert-OH is 7. The van der Waals surface area contributed by atoms with Gasteiger partial charge >= 0.3 is 5.97 Å². The Morgan fingerprint density at radius 2 is 1.47 bits per heavy atom. The summed E-state index contributed by atoms with van der Waals surface area (Å²) in [7, 11) is 0. The number of ether oxygens (including phenoxy) is 9. The molecule has 1 spiro atoms. The Morgan fingerprint density at radius 1 is 0.758 bits per heavy atom. The molecule has 0 radical (unpaired) electrons. The molecule has 0 bridgehead atoms. The van der Waals surface area contributed by atoms with Gasteiger partial charge in [-0.2, -0.15) is 0 Å². The number of rotatable bonds is 10. The number of carbonyl (C=O) groups is 1. The van der Waals surface area contributed by atoms with Crippen LogP contribution in [0.25, 0.3) is 0 Å². The van der Waals surface area contributed by atoms with Gasteiger partial charge in [0.25, 0.3) is 0 Å². The largest absolute Gasteiger partial charge is 0.457 e. The summed E-state index contributed by atoms with van der Waals surface area (Å²) >= 11 is 0. The highest BCUT2D eigenvalue weighted by molar-refractivity contribution is 5.69. The van der Waals surface area contributed by atoms with Crippen LogP contribution in [0.2, 0.25) is 0 Å². The van der Waals surface area contributed by atoms with Gasteiger partial charge in [-0.1, -0.05) is 46.3 Å². The molecule has 376 valence electrons. The maximum absolute atomic E-state index is 12.3. The monoisotopic (exact) mass is 939 g/mol. The highest BCUT2D eigenvalue weighted by atomic mass is 16.8. The molecule has 7 N–H and O–H groups in total. The Balaban J connectivity index is 0.906. The van der Waals surface area contributed by atoms with Crippen molar-refractivity contribution in [1.29, 1.82) is 0 Å². The first-order valence-electron chi connectivity index (χ1n) is 25.2. The van der Waals surface area contributed by atoms with Crippen LogP contribution in [-0.4, -0.2) is 165 Å². The lowest BCUT2D eigenvalue weighted by Crippen LogP contribution is -2.66. The van der Waals surface area contributed by atoms with E-state index >= 15 is 0 Å². The fourth-order valence-corrected chi connectivity index (χ4v) is 14.5. The van der Waals surface area contributed by atoms with Crippen molar-refractivity contribution >= 4 is 5.97 Å². The van der Waals surface area contributed by atoms with Gasteiger partial charge in [0.05, 0.1) is 37.6 Å². The van der Waals surface area contributed by atoms with E-state index in [9.17, 15) is 40.5 Å². The molecule has 26 atom stereocenters. The summed E-state index contributed by atoms with van der Waals surface area (Å²) in [6.45, 7) is 14.6. The first-order valence-corrected chi connectivity index (χ1v) is 25.2. The van der Waals surface area contributed by atoms with Crippen molar-refractivity contribution in [3.8, 4) is 0 Å². The van der Waals surface area contributed by atoms with Gasteiger partial charge in [-0.25, -0.2) is 0 Å². The van der Waals surface area contributed by atoms with Crippen LogP contribution < -0.4 is 0 Å². The summed E-state index contributed by atoms with van der Waals surface area (Å²) in [4.78, 5) is 12.3. The number of carbonyl (C=O) groups excluding carboxylic acids is 1. The van der Waals surface area contributed by atoms with Crippen molar-refractivity contribution in [3.05, 3.63) is 11.6 Å².